The minimum absolute atomic E-state index is 0.194. The molecule has 12 N–H and O–H groups in total. The SMILES string of the molecule is COC(=O)CCCCCCCCO[C@@H]1OC(CO)[C@H](O)C(OC2OC(CO)[C@@H](O)C(O[C@]3(C(=O)O)CC(O)[C@@H](NC(C)=O)C(C(O)C(O)CO)O3)C2O)C1NC(=O)C(F)(F)F. The molecule has 0 aliphatic carbocycles. The van der Waals surface area contributed by atoms with Gasteiger partial charge in [-0.15, -0.1) is 0 Å². The molecule has 3 aliphatic rings. The third kappa shape index (κ3) is 13.8. The fraction of sp³-hybridized carbons (Fsp3) is 0.886. The van der Waals surface area contributed by atoms with Crippen molar-refractivity contribution in [3.8, 4) is 0 Å². The summed E-state index contributed by atoms with van der Waals surface area (Å²) in [5, 5.41) is 109. The number of halogens is 3. The third-order valence-corrected chi connectivity index (χ3v) is 10.3. The zero-order chi connectivity index (χ0) is 45.8. The highest BCUT2D eigenvalue weighted by Gasteiger charge is 2.60. The molecule has 0 saturated carbocycles. The van der Waals surface area contributed by atoms with E-state index >= 15 is 0 Å². The molecular formula is C35H57F3N2O21. The van der Waals surface area contributed by atoms with Crippen molar-refractivity contribution in [3.05, 3.63) is 0 Å². The van der Waals surface area contributed by atoms with Crippen LogP contribution in [0.2, 0.25) is 0 Å². The number of carbonyl (C=O) groups excluding carboxylic acids is 3. The first-order chi connectivity index (χ1) is 28.7. The number of hydrogen-bond donors (Lipinski definition) is 12. The molecule has 0 aromatic rings. The number of esters is 1. The molecule has 11 unspecified atom stereocenters. The van der Waals surface area contributed by atoms with E-state index in [1.54, 1.807) is 5.32 Å². The Bertz CT molecular complexity index is 1420. The Balaban J connectivity index is 1.91. The summed E-state index contributed by atoms with van der Waals surface area (Å²) >= 11 is 0. The first-order valence-corrected chi connectivity index (χ1v) is 19.5. The summed E-state index contributed by atoms with van der Waals surface area (Å²) in [5.74, 6) is -8.99. The van der Waals surface area contributed by atoms with Crippen molar-refractivity contribution < 1.29 is 117 Å². The van der Waals surface area contributed by atoms with Crippen molar-refractivity contribution in [2.75, 3.05) is 33.5 Å². The zero-order valence-corrected chi connectivity index (χ0v) is 33.2. The molecule has 3 fully saturated rings. The number of methoxy groups -OCH3 is 1. The molecule has 3 aliphatic heterocycles. The van der Waals surface area contributed by atoms with Gasteiger partial charge in [0, 0.05) is 26.4 Å². The van der Waals surface area contributed by atoms with E-state index in [2.05, 4.69) is 10.1 Å². The van der Waals surface area contributed by atoms with Crippen LogP contribution in [0.5, 0.6) is 0 Å². The van der Waals surface area contributed by atoms with Crippen molar-refractivity contribution in [2.24, 2.45) is 0 Å². The lowest BCUT2D eigenvalue weighted by Crippen LogP contribution is -2.71. The summed E-state index contributed by atoms with van der Waals surface area (Å²) in [6, 6.07) is -3.73. The summed E-state index contributed by atoms with van der Waals surface area (Å²) < 4.78 is 78.9. The van der Waals surface area contributed by atoms with E-state index in [0.29, 0.717) is 32.1 Å². The quantitative estimate of drug-likeness (QED) is 0.0359. The number of hydrogen-bond acceptors (Lipinski definition) is 20. The monoisotopic (exact) mass is 898 g/mol. The molecule has 0 aromatic carbocycles. The molecule has 0 aromatic heterocycles. The fourth-order valence-corrected chi connectivity index (χ4v) is 7.07. The molecule has 3 rings (SSSR count). The van der Waals surface area contributed by atoms with Gasteiger partial charge < -0.3 is 94.9 Å². The number of carboxylic acids is 1. The number of rotatable bonds is 22. The van der Waals surface area contributed by atoms with Gasteiger partial charge in [-0.3, -0.25) is 14.4 Å². The number of nitrogens with one attached hydrogen (secondary N) is 2. The van der Waals surface area contributed by atoms with Crippen LogP contribution in [0, 0.1) is 0 Å². The fourth-order valence-electron chi connectivity index (χ4n) is 7.07. The molecule has 16 atom stereocenters. The number of amides is 2. The summed E-state index contributed by atoms with van der Waals surface area (Å²) in [7, 11) is 1.27. The third-order valence-electron chi connectivity index (χ3n) is 10.3. The van der Waals surface area contributed by atoms with Gasteiger partial charge in [0.05, 0.1) is 39.1 Å². The smallest absolute Gasteiger partial charge is 0.471 e. The average Bonchev–Trinajstić information content (AvgIpc) is 3.20. The predicted octanol–water partition coefficient (Wildman–Crippen LogP) is -4.61. The maximum absolute atomic E-state index is 13.6. The molecule has 0 spiro atoms. The summed E-state index contributed by atoms with van der Waals surface area (Å²) in [4.78, 5) is 48.3. The van der Waals surface area contributed by atoms with Crippen LogP contribution in [0.25, 0.3) is 0 Å². The van der Waals surface area contributed by atoms with Crippen LogP contribution < -0.4 is 10.6 Å². The van der Waals surface area contributed by atoms with Crippen molar-refractivity contribution in [1.29, 1.82) is 0 Å². The standard InChI is InChI=1S/C35H57F3N2O21/c1-15(44)39-21-16(45)11-34(33(53)54,60-28(21)23(48)17(46)12-41)61-29-25(50)19(14-43)58-31(26(29)51)59-27-22(40-32(52)35(36,37)38)30(57-18(13-42)24(27)49)56-10-8-6-4-3-5-7-9-20(47)55-2/h16-19,21-31,41-43,45-46,48-51H,3-14H2,1-2H3,(H,39,44)(H,40,52)(H,53,54)/t16?,17?,18?,19?,21-,22?,23?,24+,25-,26?,27?,28?,29?,30-,31?,34+/m1/s1. The van der Waals surface area contributed by atoms with Gasteiger partial charge in [-0.25, -0.2) is 4.79 Å². The second kappa shape index (κ2) is 23.7. The topological polar surface area (TPSA) is 359 Å². The molecule has 61 heavy (non-hydrogen) atoms. The second-order valence-corrected chi connectivity index (χ2v) is 14.8. The highest BCUT2D eigenvalue weighted by Crippen LogP contribution is 2.38. The zero-order valence-electron chi connectivity index (χ0n) is 33.2. The number of aliphatic hydroxyl groups excluding tert-OH is 9. The lowest BCUT2D eigenvalue weighted by molar-refractivity contribution is -0.381. The van der Waals surface area contributed by atoms with Gasteiger partial charge in [-0.1, -0.05) is 25.7 Å². The predicted molar refractivity (Wildman–Crippen MR) is 190 cm³/mol. The lowest BCUT2D eigenvalue weighted by Gasteiger charge is -2.51. The highest BCUT2D eigenvalue weighted by atomic mass is 19.4. The molecule has 354 valence electrons. The molecular weight excluding hydrogens is 841 g/mol. The Morgan fingerprint density at radius 2 is 1.39 bits per heavy atom. The van der Waals surface area contributed by atoms with Crippen LogP contribution in [0.4, 0.5) is 13.2 Å². The lowest BCUT2D eigenvalue weighted by atomic mass is 9.88. The largest absolute Gasteiger partial charge is 0.477 e. The van der Waals surface area contributed by atoms with Gasteiger partial charge in [-0.05, 0) is 12.8 Å². The van der Waals surface area contributed by atoms with E-state index in [4.69, 9.17) is 28.4 Å². The number of aliphatic carboxylic acids is 1. The van der Waals surface area contributed by atoms with Crippen molar-refractivity contribution in [3.63, 3.8) is 0 Å². The van der Waals surface area contributed by atoms with Crippen LogP contribution in [-0.2, 0) is 52.3 Å². The van der Waals surface area contributed by atoms with Gasteiger partial charge in [-0.2, -0.15) is 13.2 Å². The van der Waals surface area contributed by atoms with E-state index < -0.39 is 148 Å². The highest BCUT2D eigenvalue weighted by molar-refractivity contribution is 5.82. The van der Waals surface area contributed by atoms with E-state index in [-0.39, 0.29) is 19.0 Å². The second-order valence-electron chi connectivity index (χ2n) is 14.8. The van der Waals surface area contributed by atoms with Gasteiger partial charge in [0.25, 0.3) is 5.79 Å². The number of unbranched alkanes of at least 4 members (excludes halogenated alkanes) is 5. The normalized spacial score (nSPS) is 35.5. The number of carboxylic acid groups (broad SMARTS) is 1. The first kappa shape index (κ1) is 52.4. The van der Waals surface area contributed by atoms with Crippen LogP contribution >= 0.6 is 0 Å². The maximum Gasteiger partial charge on any atom is 0.471 e. The number of alkyl halides is 3. The minimum atomic E-state index is -5.51. The Morgan fingerprint density at radius 1 is 0.820 bits per heavy atom. The Kier molecular flexibility index (Phi) is 20.3. The summed E-state index contributed by atoms with van der Waals surface area (Å²) in [6.45, 7) is -2.45. The van der Waals surface area contributed by atoms with Gasteiger partial charge in [0.1, 0.15) is 67.1 Å². The number of aliphatic hydroxyl groups is 9. The molecule has 3 saturated heterocycles. The Morgan fingerprint density at radius 3 is 1.93 bits per heavy atom. The Hall–Kier alpha value is -2.93. The number of carbonyl (C=O) groups is 4. The van der Waals surface area contributed by atoms with E-state index in [1.807, 2.05) is 0 Å². The molecule has 3 heterocycles. The van der Waals surface area contributed by atoms with E-state index in [1.165, 1.54) is 7.11 Å². The van der Waals surface area contributed by atoms with Crippen molar-refractivity contribution in [1.82, 2.24) is 10.6 Å². The van der Waals surface area contributed by atoms with Crippen LogP contribution in [0.1, 0.15) is 58.3 Å². The van der Waals surface area contributed by atoms with Gasteiger partial charge >= 0.3 is 24.0 Å². The van der Waals surface area contributed by atoms with Crippen molar-refractivity contribution >= 4 is 23.8 Å². The molecule has 23 nitrogen and oxygen atoms in total. The maximum atomic E-state index is 13.6. The Labute approximate surface area is 346 Å². The van der Waals surface area contributed by atoms with E-state index in [9.17, 15) is 83.4 Å². The van der Waals surface area contributed by atoms with Crippen LogP contribution in [0.3, 0.4) is 0 Å². The van der Waals surface area contributed by atoms with E-state index in [0.717, 1.165) is 13.3 Å². The molecule has 0 bridgehead atoms. The van der Waals surface area contributed by atoms with Crippen molar-refractivity contribution in [2.45, 2.75) is 162 Å². The van der Waals surface area contributed by atoms with Gasteiger partial charge in [0.2, 0.25) is 5.91 Å². The molecule has 26 heteroatoms. The minimum Gasteiger partial charge on any atom is -0.477 e. The van der Waals surface area contributed by atoms with Crippen LogP contribution in [0.15, 0.2) is 0 Å². The number of ether oxygens (including phenoxy) is 7. The average molecular weight is 899 g/mol. The van der Waals surface area contributed by atoms with Gasteiger partial charge in [0.15, 0.2) is 12.6 Å². The summed E-state index contributed by atoms with van der Waals surface area (Å²) in [6.07, 6.45) is -30.1. The molecule has 0 radical (unpaired) electrons. The summed E-state index contributed by atoms with van der Waals surface area (Å²) in [5.41, 5.74) is 0. The van der Waals surface area contributed by atoms with Crippen LogP contribution in [-0.4, -0.2) is 212 Å². The first-order valence-electron chi connectivity index (χ1n) is 19.5. The molecule has 2 amide bonds.